The number of amides is 2. The molecule has 1 atom stereocenters. The summed E-state index contributed by atoms with van der Waals surface area (Å²) in [4.78, 5) is 33.7. The van der Waals surface area contributed by atoms with Crippen molar-refractivity contribution >= 4 is 23.5 Å². The highest BCUT2D eigenvalue weighted by Gasteiger charge is 2.15. The number of ketones is 1. The molecule has 0 saturated carbocycles. The summed E-state index contributed by atoms with van der Waals surface area (Å²) in [5.41, 5.74) is 0.985. The average Bonchev–Trinajstić information content (AvgIpc) is 2.39. The third kappa shape index (κ3) is 4.72. The van der Waals surface area contributed by atoms with Gasteiger partial charge in [-0.2, -0.15) is 0 Å². The van der Waals surface area contributed by atoms with E-state index in [-0.39, 0.29) is 12.3 Å². The van der Waals surface area contributed by atoms with Crippen LogP contribution < -0.4 is 10.6 Å². The number of rotatable bonds is 6. The normalized spacial score (nSPS) is 11.5. The van der Waals surface area contributed by atoms with Crippen LogP contribution in [0.15, 0.2) is 24.3 Å². The van der Waals surface area contributed by atoms with Crippen molar-refractivity contribution in [2.24, 2.45) is 5.92 Å². The summed E-state index contributed by atoms with van der Waals surface area (Å²) in [7, 11) is 0. The maximum atomic E-state index is 11.6. The fraction of sp³-hybridized carbons (Fsp3) is 0.357. The monoisotopic (exact) mass is 278 g/mol. The van der Waals surface area contributed by atoms with Gasteiger partial charge in [0.15, 0.2) is 5.78 Å². The van der Waals surface area contributed by atoms with E-state index in [2.05, 4.69) is 10.6 Å². The molecule has 0 aliphatic carbocycles. The van der Waals surface area contributed by atoms with Gasteiger partial charge in [-0.15, -0.1) is 0 Å². The average molecular weight is 278 g/mol. The quantitative estimate of drug-likeness (QED) is 0.694. The molecule has 1 aromatic carbocycles. The lowest BCUT2D eigenvalue weighted by atomic mass is 10.1. The molecular formula is C14H18N2O4. The van der Waals surface area contributed by atoms with E-state index in [0.717, 1.165) is 0 Å². The van der Waals surface area contributed by atoms with Crippen LogP contribution in [0.4, 0.5) is 10.5 Å². The Morgan fingerprint density at radius 3 is 2.55 bits per heavy atom. The van der Waals surface area contributed by atoms with Crippen molar-refractivity contribution < 1.29 is 19.5 Å². The molecule has 20 heavy (non-hydrogen) atoms. The van der Waals surface area contributed by atoms with Crippen LogP contribution in [0.2, 0.25) is 0 Å². The Labute approximate surface area is 117 Å². The van der Waals surface area contributed by atoms with Gasteiger partial charge in [0.1, 0.15) is 0 Å². The number of hydrogen-bond acceptors (Lipinski definition) is 3. The molecule has 0 spiro atoms. The van der Waals surface area contributed by atoms with Crippen LogP contribution in [0.1, 0.15) is 30.6 Å². The minimum atomic E-state index is -0.939. The number of carboxylic acids is 1. The SMILES string of the molecule is CCC(CNC(=O)Nc1cccc(C(C)=O)c1)C(=O)O. The molecule has 0 fully saturated rings. The van der Waals surface area contributed by atoms with Crippen molar-refractivity contribution in [3.63, 3.8) is 0 Å². The fourth-order valence-corrected chi connectivity index (χ4v) is 1.61. The van der Waals surface area contributed by atoms with E-state index in [1.54, 1.807) is 31.2 Å². The van der Waals surface area contributed by atoms with Crippen LogP contribution in [-0.4, -0.2) is 29.4 Å². The van der Waals surface area contributed by atoms with Gasteiger partial charge in [-0.3, -0.25) is 9.59 Å². The van der Waals surface area contributed by atoms with Gasteiger partial charge < -0.3 is 15.7 Å². The first-order valence-electron chi connectivity index (χ1n) is 6.32. The van der Waals surface area contributed by atoms with Crippen LogP contribution in [0.3, 0.4) is 0 Å². The number of nitrogens with one attached hydrogen (secondary N) is 2. The molecule has 0 radical (unpaired) electrons. The summed E-state index contributed by atoms with van der Waals surface area (Å²) in [6.45, 7) is 3.25. The lowest BCUT2D eigenvalue weighted by Gasteiger charge is -2.12. The summed E-state index contributed by atoms with van der Waals surface area (Å²) in [6.07, 6.45) is 0.440. The number of carboxylic acid groups (broad SMARTS) is 1. The largest absolute Gasteiger partial charge is 0.481 e. The minimum absolute atomic E-state index is 0.0596. The Hall–Kier alpha value is -2.37. The third-order valence-electron chi connectivity index (χ3n) is 2.88. The lowest BCUT2D eigenvalue weighted by Crippen LogP contribution is -2.35. The van der Waals surface area contributed by atoms with Crippen molar-refractivity contribution in [1.29, 1.82) is 0 Å². The summed E-state index contributed by atoms with van der Waals surface area (Å²) in [6, 6.07) is 6.05. The highest BCUT2D eigenvalue weighted by molar-refractivity contribution is 5.96. The van der Waals surface area contributed by atoms with E-state index in [9.17, 15) is 14.4 Å². The number of benzene rings is 1. The summed E-state index contributed by atoms with van der Waals surface area (Å²) >= 11 is 0. The van der Waals surface area contributed by atoms with E-state index < -0.39 is 17.9 Å². The van der Waals surface area contributed by atoms with Crippen LogP contribution in [0, 0.1) is 5.92 Å². The van der Waals surface area contributed by atoms with Gasteiger partial charge in [0.2, 0.25) is 0 Å². The molecule has 6 heteroatoms. The lowest BCUT2D eigenvalue weighted by molar-refractivity contribution is -0.141. The van der Waals surface area contributed by atoms with Crippen molar-refractivity contribution in [1.82, 2.24) is 5.32 Å². The predicted octanol–water partition coefficient (Wildman–Crippen LogP) is 2.12. The second-order valence-corrected chi connectivity index (χ2v) is 4.42. The van der Waals surface area contributed by atoms with Gasteiger partial charge >= 0.3 is 12.0 Å². The van der Waals surface area contributed by atoms with Crippen LogP contribution in [-0.2, 0) is 4.79 Å². The van der Waals surface area contributed by atoms with Gasteiger partial charge in [-0.25, -0.2) is 4.79 Å². The van der Waals surface area contributed by atoms with Crippen LogP contribution >= 0.6 is 0 Å². The molecule has 0 heterocycles. The van der Waals surface area contributed by atoms with Crippen molar-refractivity contribution in [3.05, 3.63) is 29.8 Å². The van der Waals surface area contributed by atoms with Gasteiger partial charge in [0, 0.05) is 17.8 Å². The number of urea groups is 1. The first-order valence-corrected chi connectivity index (χ1v) is 6.32. The molecule has 0 saturated heterocycles. The summed E-state index contributed by atoms with van der Waals surface area (Å²) < 4.78 is 0. The first-order chi connectivity index (χ1) is 9.43. The Balaban J connectivity index is 2.56. The fourth-order valence-electron chi connectivity index (χ4n) is 1.61. The Bertz CT molecular complexity index is 514. The highest BCUT2D eigenvalue weighted by atomic mass is 16.4. The molecule has 1 aromatic rings. The topological polar surface area (TPSA) is 95.5 Å². The number of carbonyl (C=O) groups is 3. The van der Waals surface area contributed by atoms with Gasteiger partial charge in [-0.1, -0.05) is 19.1 Å². The highest BCUT2D eigenvalue weighted by Crippen LogP contribution is 2.11. The van der Waals surface area contributed by atoms with E-state index in [4.69, 9.17) is 5.11 Å². The molecule has 0 bridgehead atoms. The Kier molecular flexibility index (Phi) is 5.71. The Morgan fingerprint density at radius 2 is 2.00 bits per heavy atom. The zero-order valence-corrected chi connectivity index (χ0v) is 11.5. The van der Waals surface area contributed by atoms with E-state index in [1.165, 1.54) is 6.92 Å². The first kappa shape index (κ1) is 15.7. The standard InChI is InChI=1S/C14H18N2O4/c1-3-10(13(18)19)8-15-14(20)16-12-6-4-5-11(7-12)9(2)17/h4-7,10H,3,8H2,1-2H3,(H,18,19)(H2,15,16,20). The molecular weight excluding hydrogens is 260 g/mol. The second kappa shape index (κ2) is 7.28. The number of aliphatic carboxylic acids is 1. The zero-order chi connectivity index (χ0) is 15.1. The van der Waals surface area contributed by atoms with Crippen molar-refractivity contribution in [2.75, 3.05) is 11.9 Å². The molecule has 1 unspecified atom stereocenters. The third-order valence-corrected chi connectivity index (χ3v) is 2.88. The zero-order valence-electron chi connectivity index (χ0n) is 11.5. The van der Waals surface area contributed by atoms with Gasteiger partial charge in [0.05, 0.1) is 5.92 Å². The molecule has 108 valence electrons. The molecule has 0 aromatic heterocycles. The van der Waals surface area contributed by atoms with E-state index in [1.807, 2.05) is 0 Å². The number of anilines is 1. The maximum Gasteiger partial charge on any atom is 0.319 e. The van der Waals surface area contributed by atoms with Gasteiger partial charge in [0.25, 0.3) is 0 Å². The van der Waals surface area contributed by atoms with Crippen LogP contribution in [0.5, 0.6) is 0 Å². The second-order valence-electron chi connectivity index (χ2n) is 4.42. The number of Topliss-reactive ketones (excluding diaryl/α,β-unsaturated/α-hetero) is 1. The molecule has 3 N–H and O–H groups in total. The molecule has 2 amide bonds. The van der Waals surface area contributed by atoms with Gasteiger partial charge in [-0.05, 0) is 25.5 Å². The Morgan fingerprint density at radius 1 is 1.30 bits per heavy atom. The summed E-state index contributed by atoms with van der Waals surface area (Å²) in [5.74, 6) is -1.64. The predicted molar refractivity (Wildman–Crippen MR) is 74.9 cm³/mol. The van der Waals surface area contributed by atoms with E-state index >= 15 is 0 Å². The molecule has 1 rings (SSSR count). The van der Waals surface area contributed by atoms with Crippen LogP contribution in [0.25, 0.3) is 0 Å². The smallest absolute Gasteiger partial charge is 0.319 e. The van der Waals surface area contributed by atoms with Crippen molar-refractivity contribution in [3.8, 4) is 0 Å². The number of hydrogen-bond donors (Lipinski definition) is 3. The molecule has 6 nitrogen and oxygen atoms in total. The summed E-state index contributed by atoms with van der Waals surface area (Å²) in [5, 5.41) is 13.9. The van der Waals surface area contributed by atoms with E-state index in [0.29, 0.717) is 17.7 Å². The molecule has 0 aliphatic heterocycles. The van der Waals surface area contributed by atoms with Crippen molar-refractivity contribution in [2.45, 2.75) is 20.3 Å². The maximum absolute atomic E-state index is 11.6. The number of carbonyl (C=O) groups excluding carboxylic acids is 2. The minimum Gasteiger partial charge on any atom is -0.481 e. The molecule has 0 aliphatic rings.